The summed E-state index contributed by atoms with van der Waals surface area (Å²) in [6, 6.07) is 1.80. The van der Waals surface area contributed by atoms with Crippen LogP contribution in [0.3, 0.4) is 0 Å². The molecule has 2 aromatic rings. The number of ether oxygens (including phenoxy) is 2. The van der Waals surface area contributed by atoms with E-state index in [9.17, 15) is 4.79 Å². The van der Waals surface area contributed by atoms with Gasteiger partial charge in [-0.2, -0.15) is 0 Å². The molecule has 0 unspecified atom stereocenters. The molecule has 0 aromatic carbocycles. The van der Waals surface area contributed by atoms with Gasteiger partial charge in [0.25, 0.3) is 0 Å². The van der Waals surface area contributed by atoms with Gasteiger partial charge < -0.3 is 0 Å². The Hall–Kier alpha value is -0.820. The number of hydrogen-bond acceptors (Lipinski definition) is 4. The van der Waals surface area contributed by atoms with E-state index in [1.165, 1.54) is 0 Å². The molecule has 0 spiro atoms. The maximum absolute atomic E-state index is 12.1. The fraction of sp³-hybridized carbons (Fsp3) is 0.462. The van der Waals surface area contributed by atoms with E-state index < -0.39 is 0 Å². The average molecular weight is 361 g/mol. The van der Waals surface area contributed by atoms with Crippen molar-refractivity contribution in [2.75, 3.05) is 4.93 Å². The van der Waals surface area contributed by atoms with Crippen LogP contribution in [0.5, 0.6) is 5.75 Å². The minimum absolute atomic E-state index is 0.172. The van der Waals surface area contributed by atoms with Crippen LogP contribution in [0.2, 0.25) is 0 Å². The topological polar surface area (TPSA) is 48.7 Å². The van der Waals surface area contributed by atoms with Crippen LogP contribution >= 0.6 is 0 Å². The molecular formula is C13H14IO4-. The zero-order valence-electron chi connectivity index (χ0n) is 10.5. The maximum atomic E-state index is 12.1. The third-order valence-corrected chi connectivity index (χ3v) is 6.42. The molecule has 0 fully saturated rings. The summed E-state index contributed by atoms with van der Waals surface area (Å²) in [4.78, 5) is 14.1. The second-order valence-electron chi connectivity index (χ2n) is 4.80. The van der Waals surface area contributed by atoms with Crippen LogP contribution in [0.15, 0.2) is 10.5 Å². The summed E-state index contributed by atoms with van der Waals surface area (Å²) in [7, 11) is 0. The van der Waals surface area contributed by atoms with Gasteiger partial charge in [0.1, 0.15) is 0 Å². The average Bonchev–Trinajstić information content (AvgIpc) is 2.99. The third kappa shape index (κ3) is 1.72. The van der Waals surface area contributed by atoms with E-state index in [0.29, 0.717) is 24.5 Å². The van der Waals surface area contributed by atoms with E-state index in [1.54, 1.807) is 6.07 Å². The first kappa shape index (κ1) is 12.2. The molecule has 3 heterocycles. The van der Waals surface area contributed by atoms with Crippen molar-refractivity contribution < 1.29 is 39.9 Å². The number of carbonyl (C=O) groups is 1. The van der Waals surface area contributed by atoms with Crippen LogP contribution in [-0.4, -0.2) is 14.3 Å². The molecule has 0 saturated heterocycles. The van der Waals surface area contributed by atoms with E-state index in [4.69, 9.17) is 13.9 Å². The minimum atomic E-state index is -0.365. The Morgan fingerprint density at radius 2 is 2.11 bits per heavy atom. The standard InChI is InChI=1S/C13H14IO4/c1-13(2,14-3)12(15)18-10-4-9-7-5-16-6-8(7)11(10)17-9/h4H,5-6H2,1-3H3/q-1. The van der Waals surface area contributed by atoms with E-state index >= 15 is 0 Å². The second-order valence-corrected chi connectivity index (χ2v) is 8.58. The number of esters is 1. The predicted molar refractivity (Wildman–Crippen MR) is 61.5 cm³/mol. The van der Waals surface area contributed by atoms with Crippen molar-refractivity contribution in [2.45, 2.75) is 30.5 Å². The number of halogens is 1. The molecule has 4 nitrogen and oxygen atoms in total. The molecule has 2 aromatic heterocycles. The number of furan rings is 2. The predicted octanol–water partition coefficient (Wildman–Crippen LogP) is -0.696. The van der Waals surface area contributed by atoms with Gasteiger partial charge >= 0.3 is 115 Å². The zero-order valence-corrected chi connectivity index (χ0v) is 12.7. The summed E-state index contributed by atoms with van der Waals surface area (Å²) in [5.41, 5.74) is 3.60. The van der Waals surface area contributed by atoms with Crippen LogP contribution in [-0.2, 0) is 22.7 Å². The van der Waals surface area contributed by atoms with Crippen molar-refractivity contribution in [3.05, 3.63) is 17.2 Å². The van der Waals surface area contributed by atoms with Crippen LogP contribution in [0.25, 0.3) is 11.2 Å². The van der Waals surface area contributed by atoms with Crippen molar-refractivity contribution in [2.24, 2.45) is 0 Å². The van der Waals surface area contributed by atoms with Gasteiger partial charge in [0.2, 0.25) is 0 Å². The molecule has 0 atom stereocenters. The summed E-state index contributed by atoms with van der Waals surface area (Å²) >= 11 is -0.216. The molecule has 3 rings (SSSR count). The van der Waals surface area contributed by atoms with Crippen molar-refractivity contribution in [1.82, 2.24) is 0 Å². The first-order valence-electron chi connectivity index (χ1n) is 5.70. The molecule has 0 aliphatic carbocycles. The van der Waals surface area contributed by atoms with Gasteiger partial charge in [-0.05, 0) is 0 Å². The first-order chi connectivity index (χ1) is 8.53. The molecule has 0 amide bonds. The number of carbonyl (C=O) groups excluding carboxylic acids is 1. The van der Waals surface area contributed by atoms with Gasteiger partial charge in [-0.25, -0.2) is 0 Å². The Morgan fingerprint density at radius 1 is 1.39 bits per heavy atom. The Kier molecular flexibility index (Phi) is 2.78. The Balaban J connectivity index is 1.90. The molecule has 0 radical (unpaired) electrons. The molecule has 0 saturated carbocycles. The molecule has 1 aliphatic rings. The van der Waals surface area contributed by atoms with Crippen LogP contribution in [0.1, 0.15) is 25.0 Å². The van der Waals surface area contributed by atoms with E-state index in [-0.39, 0.29) is 30.6 Å². The zero-order chi connectivity index (χ0) is 12.9. The van der Waals surface area contributed by atoms with Gasteiger partial charge in [-0.15, -0.1) is 0 Å². The molecule has 98 valence electrons. The van der Waals surface area contributed by atoms with Crippen molar-refractivity contribution >= 4 is 17.1 Å². The van der Waals surface area contributed by atoms with E-state index in [0.717, 1.165) is 16.7 Å². The summed E-state index contributed by atoms with van der Waals surface area (Å²) in [6.45, 7) is 5.00. The molecular weight excluding hydrogens is 347 g/mol. The van der Waals surface area contributed by atoms with Crippen LogP contribution in [0, 0.1) is 0 Å². The van der Waals surface area contributed by atoms with Gasteiger partial charge in [-0.3, -0.25) is 0 Å². The fourth-order valence-corrected chi connectivity index (χ4v) is 2.51. The monoisotopic (exact) mass is 361 g/mol. The normalized spacial score (nSPS) is 15.5. The SMILES string of the molecule is C[I-]C(C)(C)C(=O)Oc1cc2oc1c1c2COC1. The molecule has 1 aliphatic heterocycles. The fourth-order valence-electron chi connectivity index (χ4n) is 1.96. The summed E-state index contributed by atoms with van der Waals surface area (Å²) < 4.78 is 16.1. The van der Waals surface area contributed by atoms with Gasteiger partial charge in [0.15, 0.2) is 0 Å². The number of fused-ring (bicyclic) bond motifs is 5. The number of alkyl halides is 2. The Bertz CT molecular complexity index is 599. The first-order valence-corrected chi connectivity index (χ1v) is 8.94. The van der Waals surface area contributed by atoms with Crippen molar-refractivity contribution in [1.29, 1.82) is 0 Å². The van der Waals surface area contributed by atoms with E-state index in [1.807, 2.05) is 13.8 Å². The molecule has 18 heavy (non-hydrogen) atoms. The van der Waals surface area contributed by atoms with Crippen molar-refractivity contribution in [3.8, 4) is 5.75 Å². The quantitative estimate of drug-likeness (QED) is 0.314. The number of benzene rings is 1. The van der Waals surface area contributed by atoms with Gasteiger partial charge in [0, 0.05) is 0 Å². The Morgan fingerprint density at radius 3 is 2.83 bits per heavy atom. The third-order valence-electron chi connectivity index (χ3n) is 3.29. The van der Waals surface area contributed by atoms with Gasteiger partial charge in [-0.1, -0.05) is 0 Å². The van der Waals surface area contributed by atoms with Gasteiger partial charge in [0.05, 0.1) is 0 Å². The van der Waals surface area contributed by atoms with E-state index in [2.05, 4.69) is 4.93 Å². The molecule has 5 heteroatoms. The summed E-state index contributed by atoms with van der Waals surface area (Å²) in [5, 5.41) is 0. The summed E-state index contributed by atoms with van der Waals surface area (Å²) in [5.74, 6) is 0.374. The second kappa shape index (κ2) is 4.09. The molecule has 2 bridgehead atoms. The summed E-state index contributed by atoms with van der Waals surface area (Å²) in [6.07, 6.45) is 0. The van der Waals surface area contributed by atoms with Crippen molar-refractivity contribution in [3.63, 3.8) is 0 Å². The number of rotatable bonds is 3. The Labute approximate surface area is 115 Å². The van der Waals surface area contributed by atoms with Crippen LogP contribution < -0.4 is 25.9 Å². The molecule has 0 N–H and O–H groups in total. The number of hydrogen-bond donors (Lipinski definition) is 0. The van der Waals surface area contributed by atoms with Crippen LogP contribution in [0.4, 0.5) is 0 Å².